The fourth-order valence-electron chi connectivity index (χ4n) is 8.44. The number of rotatable bonds is 7. The zero-order valence-electron chi connectivity index (χ0n) is 25.2. The average molecular weight is 578 g/mol. The van der Waals surface area contributed by atoms with Gasteiger partial charge >= 0.3 is 18.0 Å². The lowest BCUT2D eigenvalue weighted by Gasteiger charge is -2.62. The minimum absolute atomic E-state index is 0.000917. The summed E-state index contributed by atoms with van der Waals surface area (Å²) in [5.41, 5.74) is -5.64. The van der Waals surface area contributed by atoms with Crippen molar-refractivity contribution in [2.75, 3.05) is 13.1 Å². The highest BCUT2D eigenvalue weighted by atomic mass is 19.1. The van der Waals surface area contributed by atoms with Gasteiger partial charge in [0.2, 0.25) is 11.9 Å². The second kappa shape index (κ2) is 10.8. The van der Waals surface area contributed by atoms with Crippen molar-refractivity contribution < 1.29 is 42.9 Å². The van der Waals surface area contributed by atoms with Crippen molar-refractivity contribution >= 4 is 23.8 Å². The van der Waals surface area contributed by atoms with Gasteiger partial charge in [-0.15, -0.1) is 0 Å². The number of hydrogen-bond donors (Lipinski definition) is 1. The van der Waals surface area contributed by atoms with Crippen molar-refractivity contribution in [3.8, 4) is 0 Å². The van der Waals surface area contributed by atoms with E-state index in [1.54, 1.807) is 47.6 Å². The summed E-state index contributed by atoms with van der Waals surface area (Å²) < 4.78 is 34.6. The molecule has 0 bridgehead atoms. The van der Waals surface area contributed by atoms with Gasteiger partial charge in [-0.3, -0.25) is 9.59 Å². The van der Waals surface area contributed by atoms with Crippen molar-refractivity contribution in [3.05, 3.63) is 23.8 Å². The van der Waals surface area contributed by atoms with Crippen LogP contribution < -0.4 is 0 Å². The molecule has 228 valence electrons. The number of carbonyl (C=O) groups excluding carboxylic acids is 4. The van der Waals surface area contributed by atoms with Gasteiger partial charge in [0.1, 0.15) is 0 Å². The number of fused-ring (bicyclic) bond motifs is 5. The Morgan fingerprint density at radius 1 is 1.15 bits per heavy atom. The van der Waals surface area contributed by atoms with Gasteiger partial charge < -0.3 is 24.2 Å². The van der Waals surface area contributed by atoms with Crippen LogP contribution in [-0.2, 0) is 28.6 Å². The van der Waals surface area contributed by atoms with Gasteiger partial charge in [-0.05, 0) is 64.5 Å². The Balaban J connectivity index is 1.73. The lowest BCUT2D eigenvalue weighted by Crippen LogP contribution is -2.70. The molecule has 41 heavy (non-hydrogen) atoms. The summed E-state index contributed by atoms with van der Waals surface area (Å²) in [6.45, 7) is 12.7. The van der Waals surface area contributed by atoms with Crippen LogP contribution in [0, 0.1) is 28.6 Å². The topological polar surface area (TPSA) is 119 Å². The van der Waals surface area contributed by atoms with E-state index in [9.17, 15) is 24.3 Å². The second-order valence-corrected chi connectivity index (χ2v) is 12.5. The molecule has 0 aromatic carbocycles. The molecule has 0 radical (unpaired) electrons. The summed E-state index contributed by atoms with van der Waals surface area (Å²) in [5, 5.41) is 11.7. The Hall–Kier alpha value is -2.75. The molecule has 0 aliphatic heterocycles. The first-order chi connectivity index (χ1) is 19.2. The minimum Gasteiger partial charge on any atom is -0.446 e. The summed E-state index contributed by atoms with van der Waals surface area (Å²) in [7, 11) is 0. The Morgan fingerprint density at radius 2 is 1.80 bits per heavy atom. The molecule has 4 aliphatic rings. The normalized spacial score (nSPS) is 39.9. The van der Waals surface area contributed by atoms with E-state index >= 15 is 4.39 Å². The predicted octanol–water partition coefficient (Wildman–Crippen LogP) is 4.66. The van der Waals surface area contributed by atoms with Crippen molar-refractivity contribution in [1.82, 2.24) is 4.90 Å². The third-order valence-electron chi connectivity index (χ3n) is 10.6. The van der Waals surface area contributed by atoms with Crippen LogP contribution in [0.3, 0.4) is 0 Å². The molecule has 9 atom stereocenters. The van der Waals surface area contributed by atoms with Crippen LogP contribution in [0.2, 0.25) is 0 Å². The molecule has 0 saturated heterocycles. The molecule has 1 N–H and O–H groups in total. The van der Waals surface area contributed by atoms with Gasteiger partial charge in [-0.2, -0.15) is 0 Å². The fraction of sp³-hybridized carbons (Fsp3) is 0.742. The zero-order chi connectivity index (χ0) is 30.5. The Labute approximate surface area is 241 Å². The molecule has 10 heteroatoms. The zero-order valence-corrected chi connectivity index (χ0v) is 25.2. The SMILES string of the molecule is CCC(=O)O[C@]1(C(=O)OC(C)OC(=O)N(CC)CC)[C@@H](C)C[C@H]2[C@@H]3CCC4=CC(=O)C=C[C@]4(C)[C@@]3(F)[C@@H](O)C[C@@]21C. The van der Waals surface area contributed by atoms with Crippen molar-refractivity contribution in [2.45, 2.75) is 104 Å². The summed E-state index contributed by atoms with van der Waals surface area (Å²) in [4.78, 5) is 53.0. The average Bonchev–Trinajstić information content (AvgIpc) is 3.12. The number of ketones is 1. The molecule has 0 aromatic heterocycles. The molecule has 3 saturated carbocycles. The smallest absolute Gasteiger partial charge is 0.412 e. The van der Waals surface area contributed by atoms with Crippen LogP contribution in [0.5, 0.6) is 0 Å². The molecule has 0 aromatic rings. The third kappa shape index (κ3) is 4.43. The molecular weight excluding hydrogens is 533 g/mol. The minimum atomic E-state index is -2.10. The van der Waals surface area contributed by atoms with Crippen LogP contribution >= 0.6 is 0 Å². The second-order valence-electron chi connectivity index (χ2n) is 12.5. The first-order valence-corrected chi connectivity index (χ1v) is 14.9. The number of allylic oxidation sites excluding steroid dienone is 4. The first-order valence-electron chi connectivity index (χ1n) is 14.9. The largest absolute Gasteiger partial charge is 0.446 e. The van der Waals surface area contributed by atoms with Crippen molar-refractivity contribution in [2.24, 2.45) is 28.6 Å². The molecule has 9 nitrogen and oxygen atoms in total. The lowest BCUT2D eigenvalue weighted by atomic mass is 9.44. The Morgan fingerprint density at radius 3 is 2.41 bits per heavy atom. The number of hydrogen-bond acceptors (Lipinski definition) is 8. The fourth-order valence-corrected chi connectivity index (χ4v) is 8.44. The summed E-state index contributed by atoms with van der Waals surface area (Å²) >= 11 is 0. The quantitative estimate of drug-likeness (QED) is 0.343. The van der Waals surface area contributed by atoms with E-state index in [1.807, 2.05) is 0 Å². The number of carbonyl (C=O) groups is 4. The van der Waals surface area contributed by atoms with E-state index in [2.05, 4.69) is 0 Å². The molecule has 0 spiro atoms. The van der Waals surface area contributed by atoms with E-state index in [1.165, 1.54) is 24.0 Å². The number of nitrogens with zero attached hydrogens (tertiary/aromatic N) is 1. The highest BCUT2D eigenvalue weighted by Crippen LogP contribution is 2.71. The summed E-state index contributed by atoms with van der Waals surface area (Å²) in [5.74, 6) is -3.39. The first kappa shape index (κ1) is 31.2. The highest BCUT2D eigenvalue weighted by Gasteiger charge is 2.78. The molecule has 0 heterocycles. The van der Waals surface area contributed by atoms with Gasteiger partial charge in [0.15, 0.2) is 11.5 Å². The lowest BCUT2D eigenvalue weighted by molar-refractivity contribution is -0.243. The maximum absolute atomic E-state index is 17.5. The Bertz CT molecular complexity index is 1160. The van der Waals surface area contributed by atoms with Crippen LogP contribution in [0.25, 0.3) is 0 Å². The van der Waals surface area contributed by atoms with Crippen LogP contribution in [0.15, 0.2) is 23.8 Å². The maximum atomic E-state index is 17.5. The van der Waals surface area contributed by atoms with E-state index in [0.29, 0.717) is 37.9 Å². The van der Waals surface area contributed by atoms with Crippen molar-refractivity contribution in [1.29, 1.82) is 0 Å². The van der Waals surface area contributed by atoms with Gasteiger partial charge in [0, 0.05) is 49.1 Å². The van der Waals surface area contributed by atoms with Gasteiger partial charge in [0.25, 0.3) is 0 Å². The predicted molar refractivity (Wildman–Crippen MR) is 147 cm³/mol. The van der Waals surface area contributed by atoms with E-state index < -0.39 is 70.3 Å². The molecule has 1 amide bonds. The number of esters is 2. The number of halogens is 1. The van der Waals surface area contributed by atoms with Crippen molar-refractivity contribution in [3.63, 3.8) is 0 Å². The molecule has 4 aliphatic carbocycles. The number of aliphatic hydroxyl groups is 1. The molecular formula is C31H44FNO8. The summed E-state index contributed by atoms with van der Waals surface area (Å²) in [6.07, 6.45) is 2.00. The highest BCUT2D eigenvalue weighted by molar-refractivity contribution is 6.01. The van der Waals surface area contributed by atoms with E-state index in [4.69, 9.17) is 14.2 Å². The molecule has 4 rings (SSSR count). The summed E-state index contributed by atoms with van der Waals surface area (Å²) in [6, 6.07) is 0. The van der Waals surface area contributed by atoms with E-state index in [-0.39, 0.29) is 18.6 Å². The number of aliphatic hydroxyl groups excluding tert-OH is 1. The molecule has 1 unspecified atom stereocenters. The number of ether oxygens (including phenoxy) is 3. The molecule has 3 fully saturated rings. The van der Waals surface area contributed by atoms with Crippen LogP contribution in [0.1, 0.15) is 80.6 Å². The Kier molecular flexibility index (Phi) is 8.23. The third-order valence-corrected chi connectivity index (χ3v) is 10.6. The maximum Gasteiger partial charge on any atom is 0.412 e. The number of alkyl halides is 1. The van der Waals surface area contributed by atoms with Gasteiger partial charge in [0.05, 0.1) is 6.10 Å². The van der Waals surface area contributed by atoms with E-state index in [0.717, 1.165) is 0 Å². The van der Waals surface area contributed by atoms with Gasteiger partial charge in [-0.25, -0.2) is 14.0 Å². The van der Waals surface area contributed by atoms with Crippen LogP contribution in [-0.4, -0.2) is 70.6 Å². The monoisotopic (exact) mass is 577 g/mol. The van der Waals surface area contributed by atoms with Gasteiger partial charge in [-0.1, -0.05) is 32.4 Å². The standard InChI is InChI=1S/C31H44FNO8/c1-8-25(36)41-31(26(37)39-19(5)40-27(38)33(9-2)10-3)18(4)15-23-22-12-11-20-16-21(34)13-14-28(20,6)30(22,32)24(35)17-29(23,31)7/h13-14,16,18-19,22-24,35H,8-12,15,17H2,1-7H3/t18-,19?,22-,23-,24-,28-,29-,30-,31-/m0/s1. The number of amides is 1. The van der Waals surface area contributed by atoms with Crippen LogP contribution in [0.4, 0.5) is 9.18 Å².